The summed E-state index contributed by atoms with van der Waals surface area (Å²) in [4.78, 5) is 315. The van der Waals surface area contributed by atoms with Gasteiger partial charge in [0.25, 0.3) is 0 Å². The van der Waals surface area contributed by atoms with E-state index in [1.165, 1.54) is 62.6 Å². The molecule has 48 heteroatoms. The van der Waals surface area contributed by atoms with Gasteiger partial charge >= 0.3 is 5.97 Å². The molecule has 764 valence electrons. The van der Waals surface area contributed by atoms with Crippen LogP contribution in [0.25, 0.3) is 0 Å². The number of carboxylic acid groups (broad SMARTS) is 1. The summed E-state index contributed by atoms with van der Waals surface area (Å²) >= 11 is 2.00. The first-order chi connectivity index (χ1) is 65.0. The van der Waals surface area contributed by atoms with Gasteiger partial charge < -0.3 is 127 Å². The Balaban J connectivity index is 1.68. The minimum atomic E-state index is -2.01. The average Bonchev–Trinajstić information content (AvgIpc) is 1.63. The SMILES string of the molecule is CC[C@H](C)[C@@H]1NC(=O)[C@H](Cc2ccc(O)cc2)N(C)C(=O)CCCSCC(C(=O)N2CCC[C@H]2C(=O)N[C@@H](CC(C)C)C(=O)NCC(N)=O)NC(=O)[C@H](CC(N)=O)NC(=O)[C@H](CCC(N)=O)NC(=O)[C@H]([C@@H](C)CC)NC(=O)[C@H](Cc2ccc(O)cc2)N(C)C(=O)CNC(=O)[C@H](CC(C)C)NC(=O)[C@@H]2CCCN2C(=O)C(CSCCCC(=O)O)NC(=O)[C@H](CC(N)=O)NC(=O)[C@H](CCC(N)=O)NC1=O. The normalized spacial score (nSPS) is 23.9. The highest BCUT2D eigenvalue weighted by molar-refractivity contribution is 7.99. The first-order valence-electron chi connectivity index (χ1n) is 46.1. The molecule has 0 aliphatic carbocycles. The maximum atomic E-state index is 15.3. The molecule has 138 heavy (non-hydrogen) atoms. The van der Waals surface area contributed by atoms with Crippen LogP contribution in [0.3, 0.4) is 0 Å². The molecule has 3 saturated heterocycles. The highest BCUT2D eigenvalue weighted by Gasteiger charge is 2.45. The minimum absolute atomic E-state index is 0.0104. The van der Waals surface area contributed by atoms with E-state index in [9.17, 15) is 96.8 Å². The van der Waals surface area contributed by atoms with E-state index in [2.05, 4.69) is 63.8 Å². The Bertz CT molecular complexity index is 4650. The molecule has 3 aliphatic heterocycles. The molecule has 21 amide bonds. The number of fused-ring (bicyclic) bond motifs is 1. The maximum absolute atomic E-state index is 15.3. The second-order valence-corrected chi connectivity index (χ2v) is 38.0. The van der Waals surface area contributed by atoms with E-state index >= 15 is 24.0 Å². The summed E-state index contributed by atoms with van der Waals surface area (Å²) in [6, 6.07) is -11.5. The first-order valence-corrected chi connectivity index (χ1v) is 48.4. The lowest BCUT2D eigenvalue weighted by Crippen LogP contribution is -2.61. The molecule has 3 aliphatic rings. The number of carboxylic acids is 1. The Labute approximate surface area is 808 Å². The van der Waals surface area contributed by atoms with Crippen molar-refractivity contribution in [2.24, 2.45) is 52.3 Å². The van der Waals surface area contributed by atoms with Crippen LogP contribution in [0.2, 0.25) is 0 Å². The van der Waals surface area contributed by atoms with Gasteiger partial charge in [0.05, 0.1) is 25.9 Å². The Morgan fingerprint density at radius 3 is 1.46 bits per heavy atom. The quantitative estimate of drug-likeness (QED) is 0.0295. The summed E-state index contributed by atoms with van der Waals surface area (Å²) in [6.07, 6.45) is -4.85. The molecule has 3 fully saturated rings. The highest BCUT2D eigenvalue weighted by Crippen LogP contribution is 2.27. The van der Waals surface area contributed by atoms with Gasteiger partial charge in [-0.15, -0.1) is 0 Å². The van der Waals surface area contributed by atoms with Crippen LogP contribution < -0.4 is 92.5 Å². The second kappa shape index (κ2) is 57.3. The van der Waals surface area contributed by atoms with Gasteiger partial charge in [0.2, 0.25) is 124 Å². The maximum Gasteiger partial charge on any atom is 0.303 e. The fraction of sp³-hybridized carbons (Fsp3) is 0.622. The van der Waals surface area contributed by atoms with Crippen LogP contribution in [0.15, 0.2) is 48.5 Å². The van der Waals surface area contributed by atoms with Crippen molar-refractivity contribution < 1.29 is 121 Å². The second-order valence-electron chi connectivity index (χ2n) is 35.7. The fourth-order valence-corrected chi connectivity index (χ4v) is 17.5. The first kappa shape index (κ1) is 116. The molecule has 5 rings (SSSR count). The standard InChI is InChI=1S/C90H137N21O25S2/c1-11-49(7)75-87(133)98-55(29-31-67(91)114)79(125)101-60(42-70(94)117)82(128)105-62(46-138-36-16-20-74(121)122)90(136)111-34-14-18-64(111)84(130)103-58(38-48(5)6)78(124)97-44-73(120)109(10)66(40-52-23-27-54(113)28-24-52)86(132)107-76(50(8)12-2)88(134)99-56(30-32-68(92)115)80(126)100-59(41-69(93)116)81(127)104-61(45-137-35-15-19-72(119)108(9)65(85(131)106-75)39-51-21-25-53(112)26-22-51)89(135)110-33-13-17-63(110)83(129)102-57(37-47(3)4)77(123)96-43-71(95)118/h21-28,47-50,55-66,75-76,112-113H,11-20,29-46H2,1-10H3,(H2,91,114)(H2,92,115)(H2,93,116)(H2,94,117)(H2,95,118)(H,96,123)(H,97,124)(H,98,133)(H,99,134)(H,100,126)(H,101,125)(H,102,129)(H,103,130)(H,104,127)(H,105,128)(H,106,131)(H,107,132)(H,121,122)/t49-,50-,55-,56-,57-,58-,59-,60-,61?,62?,63-,64-,65-,66-,75-,76-/m0/s1. The van der Waals surface area contributed by atoms with Crippen molar-refractivity contribution in [3.63, 3.8) is 0 Å². The summed E-state index contributed by atoms with van der Waals surface area (Å²) < 4.78 is 0. The van der Waals surface area contributed by atoms with E-state index in [1.54, 1.807) is 55.4 Å². The molecule has 0 radical (unpaired) electrons. The van der Waals surface area contributed by atoms with Crippen LogP contribution in [0.4, 0.5) is 0 Å². The molecule has 0 spiro atoms. The molecule has 3 heterocycles. The number of likely N-dealkylation sites (tertiary alicyclic amines) is 1. The summed E-state index contributed by atoms with van der Waals surface area (Å²) in [5, 5.41) is 60.6. The van der Waals surface area contributed by atoms with E-state index in [4.69, 9.17) is 28.7 Å². The summed E-state index contributed by atoms with van der Waals surface area (Å²) in [7, 11) is 2.51. The predicted molar refractivity (Wildman–Crippen MR) is 504 cm³/mol. The lowest BCUT2D eigenvalue weighted by molar-refractivity contribution is -0.142. The summed E-state index contributed by atoms with van der Waals surface area (Å²) in [6.45, 7) is 11.7. The number of nitrogens with zero attached hydrogens (tertiary/aromatic N) is 4. The predicted octanol–water partition coefficient (Wildman–Crippen LogP) is -4.32. The molecule has 2 aromatic carbocycles. The number of carbonyl (C=O) groups is 22. The number of phenols is 2. The number of nitrogens with two attached hydrogens (primary N) is 5. The molecule has 2 aromatic rings. The number of phenolic OH excluding ortho intramolecular Hbond substituents is 2. The zero-order valence-electron chi connectivity index (χ0n) is 79.6. The number of aliphatic carboxylic acids is 1. The third-order valence-corrected chi connectivity index (χ3v) is 26.0. The number of amides is 21. The smallest absolute Gasteiger partial charge is 0.303 e. The molecule has 16 atom stereocenters. The van der Waals surface area contributed by atoms with Crippen molar-refractivity contribution in [1.82, 2.24) is 83.4 Å². The van der Waals surface area contributed by atoms with E-state index in [1.807, 2.05) is 0 Å². The van der Waals surface area contributed by atoms with Gasteiger partial charge in [-0.05, 0) is 135 Å². The van der Waals surface area contributed by atoms with Gasteiger partial charge in [0, 0.05) is 77.2 Å². The Morgan fingerprint density at radius 1 is 0.514 bits per heavy atom. The third kappa shape index (κ3) is 38.2. The number of thioether (sulfide) groups is 2. The van der Waals surface area contributed by atoms with Crippen molar-refractivity contribution >= 4 is 154 Å². The molecule has 0 bridgehead atoms. The van der Waals surface area contributed by atoms with Crippen molar-refractivity contribution in [2.45, 2.75) is 268 Å². The van der Waals surface area contributed by atoms with Crippen molar-refractivity contribution in [2.75, 3.05) is 63.3 Å². The largest absolute Gasteiger partial charge is 0.508 e. The third-order valence-electron chi connectivity index (χ3n) is 23.7. The van der Waals surface area contributed by atoms with Crippen LogP contribution in [0, 0.1) is 23.7 Å². The molecular weight excluding hydrogens is 1840 g/mol. The molecule has 25 N–H and O–H groups in total. The number of likely N-dealkylation sites (N-methyl/N-ethyl adjacent to an activating group) is 2. The molecule has 0 aromatic heterocycles. The van der Waals surface area contributed by atoms with Crippen molar-refractivity contribution in [3.8, 4) is 11.5 Å². The molecule has 46 nitrogen and oxygen atoms in total. The number of aromatic hydroxyl groups is 2. The summed E-state index contributed by atoms with van der Waals surface area (Å²) in [5.41, 5.74) is 28.7. The van der Waals surface area contributed by atoms with Crippen LogP contribution >= 0.6 is 23.5 Å². The van der Waals surface area contributed by atoms with E-state index in [-0.39, 0.29) is 144 Å². The van der Waals surface area contributed by atoms with E-state index in [0.29, 0.717) is 11.1 Å². The Kier molecular flexibility index (Phi) is 48.0. The molecule has 2 unspecified atom stereocenters. The average molecular weight is 1980 g/mol. The number of nitrogens with one attached hydrogen (secondary N) is 12. The van der Waals surface area contributed by atoms with Gasteiger partial charge in [0.1, 0.15) is 96.1 Å². The minimum Gasteiger partial charge on any atom is -0.508 e. The highest BCUT2D eigenvalue weighted by atomic mass is 32.2. The number of primary amides is 5. The van der Waals surface area contributed by atoms with Gasteiger partial charge in [-0.25, -0.2) is 0 Å². The van der Waals surface area contributed by atoms with Gasteiger partial charge in [-0.3, -0.25) is 105 Å². The lowest BCUT2D eigenvalue weighted by Gasteiger charge is -2.32. The van der Waals surface area contributed by atoms with Crippen LogP contribution in [0.1, 0.15) is 182 Å². The fourth-order valence-electron chi connectivity index (χ4n) is 15.6. The number of benzene rings is 2. The van der Waals surface area contributed by atoms with Crippen LogP contribution in [0.5, 0.6) is 11.5 Å². The molecule has 0 saturated carbocycles. The Hall–Kier alpha value is -12.9. The molecular formula is C90H137N21O25S2. The topological polar surface area (TPSA) is 724 Å². The van der Waals surface area contributed by atoms with Crippen molar-refractivity contribution in [1.29, 1.82) is 0 Å². The number of carbonyl (C=O) groups excluding carboxylic acids is 21. The number of hydrogen-bond donors (Lipinski definition) is 20. The van der Waals surface area contributed by atoms with Crippen molar-refractivity contribution in [3.05, 3.63) is 59.7 Å². The van der Waals surface area contributed by atoms with E-state index < -0.39 is 284 Å². The summed E-state index contributed by atoms with van der Waals surface area (Å²) in [5.74, 6) is -25.3. The number of hydrogen-bond acceptors (Lipinski definition) is 26. The zero-order chi connectivity index (χ0) is 103. The lowest BCUT2D eigenvalue weighted by atomic mass is 9.96. The van der Waals surface area contributed by atoms with Gasteiger partial charge in [-0.2, -0.15) is 23.5 Å². The monoisotopic (exact) mass is 1980 g/mol. The van der Waals surface area contributed by atoms with E-state index in [0.717, 1.165) is 43.1 Å². The number of rotatable bonds is 34. The zero-order valence-corrected chi connectivity index (χ0v) is 81.3. The van der Waals surface area contributed by atoms with Gasteiger partial charge in [-0.1, -0.05) is 92.5 Å². The van der Waals surface area contributed by atoms with Gasteiger partial charge in [0.15, 0.2) is 0 Å². The van der Waals surface area contributed by atoms with Crippen LogP contribution in [-0.2, 0) is 118 Å². The Morgan fingerprint density at radius 2 is 0.986 bits per heavy atom. The van der Waals surface area contributed by atoms with Crippen LogP contribution in [-0.4, -0.2) is 313 Å².